The number of amides is 1. The van der Waals surface area contributed by atoms with Gasteiger partial charge in [0, 0.05) is 37.8 Å². The van der Waals surface area contributed by atoms with E-state index in [1.165, 1.54) is 10.9 Å². The fourth-order valence-corrected chi connectivity index (χ4v) is 3.99. The predicted octanol–water partition coefficient (Wildman–Crippen LogP) is 3.32. The van der Waals surface area contributed by atoms with Gasteiger partial charge in [0.05, 0.1) is 23.2 Å². The van der Waals surface area contributed by atoms with Crippen molar-refractivity contribution >= 4 is 16.8 Å². The van der Waals surface area contributed by atoms with Crippen LogP contribution in [-0.4, -0.2) is 65.9 Å². The molecule has 0 unspecified atom stereocenters. The molecule has 8 nitrogen and oxygen atoms in total. The number of ether oxygens (including phenoxy) is 2. The van der Waals surface area contributed by atoms with Crippen molar-refractivity contribution in [2.75, 3.05) is 33.4 Å². The normalized spacial score (nSPS) is 13.5. The van der Waals surface area contributed by atoms with Crippen molar-refractivity contribution in [1.82, 2.24) is 19.8 Å². The summed E-state index contributed by atoms with van der Waals surface area (Å²) in [6.45, 7) is 8.96. The van der Waals surface area contributed by atoms with E-state index in [4.69, 9.17) is 9.47 Å². The van der Waals surface area contributed by atoms with E-state index in [2.05, 4.69) is 29.0 Å². The molecule has 4 rings (SSSR count). The number of nitrogens with zero attached hydrogens (tertiary/aromatic N) is 3. The van der Waals surface area contributed by atoms with Gasteiger partial charge in [-0.05, 0) is 69.5 Å². The molecule has 1 aromatic heterocycles. The standard InChI is InChI=1S/C27H34N4O4/c1-18(2)30(11-13-34-4)12-14-35-22-9-10-24-23(16-22)27(33)31(17-28-24)25-15-20(6-5-19(25)3)26(32)29-21-7-8-21/h5-6,9-10,15-18,21H,7-8,11-14H2,1-4H3,(H,29,32). The molecule has 0 radical (unpaired) electrons. The highest BCUT2D eigenvalue weighted by atomic mass is 16.5. The number of hydrogen-bond acceptors (Lipinski definition) is 6. The molecule has 1 amide bonds. The molecule has 0 spiro atoms. The summed E-state index contributed by atoms with van der Waals surface area (Å²) in [5.41, 5.74) is 2.46. The van der Waals surface area contributed by atoms with Crippen LogP contribution in [0.3, 0.4) is 0 Å². The fourth-order valence-electron chi connectivity index (χ4n) is 3.99. The summed E-state index contributed by atoms with van der Waals surface area (Å²) in [7, 11) is 1.70. The minimum Gasteiger partial charge on any atom is -0.492 e. The van der Waals surface area contributed by atoms with E-state index in [1.54, 1.807) is 31.4 Å². The van der Waals surface area contributed by atoms with Gasteiger partial charge in [-0.25, -0.2) is 4.98 Å². The highest BCUT2D eigenvalue weighted by Gasteiger charge is 2.24. The first-order valence-electron chi connectivity index (χ1n) is 12.2. The smallest absolute Gasteiger partial charge is 0.265 e. The molecule has 186 valence electrons. The second kappa shape index (κ2) is 11.0. The Labute approximate surface area is 205 Å². The number of nitrogens with one attached hydrogen (secondary N) is 1. The minimum atomic E-state index is -0.202. The number of methoxy groups -OCH3 is 1. The SMILES string of the molecule is COCCN(CCOc1ccc2ncn(-c3cc(C(=O)NC4CC4)ccc3C)c(=O)c2c1)C(C)C. The zero-order chi connectivity index (χ0) is 24.9. The van der Waals surface area contributed by atoms with Crippen molar-refractivity contribution in [3.8, 4) is 11.4 Å². The van der Waals surface area contributed by atoms with Gasteiger partial charge in [0.1, 0.15) is 18.7 Å². The van der Waals surface area contributed by atoms with Gasteiger partial charge in [-0.2, -0.15) is 0 Å². The Morgan fingerprint density at radius 3 is 2.66 bits per heavy atom. The van der Waals surface area contributed by atoms with Crippen LogP contribution in [0.15, 0.2) is 47.5 Å². The van der Waals surface area contributed by atoms with Crippen LogP contribution in [0.5, 0.6) is 5.75 Å². The second-order valence-corrected chi connectivity index (χ2v) is 9.32. The first-order valence-corrected chi connectivity index (χ1v) is 12.2. The first-order chi connectivity index (χ1) is 16.9. The minimum absolute atomic E-state index is 0.118. The molecule has 0 bridgehead atoms. The Bertz CT molecular complexity index is 1250. The first kappa shape index (κ1) is 24.9. The van der Waals surface area contributed by atoms with Gasteiger partial charge < -0.3 is 14.8 Å². The topological polar surface area (TPSA) is 85.7 Å². The average Bonchev–Trinajstić information content (AvgIpc) is 3.66. The lowest BCUT2D eigenvalue weighted by atomic mass is 10.1. The van der Waals surface area contributed by atoms with Crippen LogP contribution in [0, 0.1) is 6.92 Å². The number of aromatic nitrogens is 2. The molecule has 0 aliphatic heterocycles. The molecule has 35 heavy (non-hydrogen) atoms. The molecule has 2 aromatic carbocycles. The van der Waals surface area contributed by atoms with E-state index in [0.717, 1.165) is 31.5 Å². The van der Waals surface area contributed by atoms with Crippen LogP contribution in [0.2, 0.25) is 0 Å². The van der Waals surface area contributed by atoms with Gasteiger partial charge >= 0.3 is 0 Å². The van der Waals surface area contributed by atoms with Gasteiger partial charge in [-0.1, -0.05) is 6.07 Å². The second-order valence-electron chi connectivity index (χ2n) is 9.32. The van der Waals surface area contributed by atoms with E-state index < -0.39 is 0 Å². The van der Waals surface area contributed by atoms with Crippen LogP contribution >= 0.6 is 0 Å². The lowest BCUT2D eigenvalue weighted by Crippen LogP contribution is -2.37. The van der Waals surface area contributed by atoms with Crippen molar-refractivity contribution < 1.29 is 14.3 Å². The molecule has 1 aliphatic carbocycles. The fraction of sp³-hybridized carbons (Fsp3) is 0.444. The van der Waals surface area contributed by atoms with E-state index >= 15 is 0 Å². The van der Waals surface area contributed by atoms with Crippen molar-refractivity contribution in [2.24, 2.45) is 0 Å². The maximum atomic E-state index is 13.4. The van der Waals surface area contributed by atoms with Gasteiger partial charge in [0.25, 0.3) is 11.5 Å². The Hall–Kier alpha value is -3.23. The van der Waals surface area contributed by atoms with Gasteiger partial charge in [-0.3, -0.25) is 19.1 Å². The Kier molecular flexibility index (Phi) is 7.83. The van der Waals surface area contributed by atoms with E-state index in [1.807, 2.05) is 19.1 Å². The molecule has 8 heteroatoms. The molecule has 0 saturated heterocycles. The molecule has 1 fully saturated rings. The zero-order valence-corrected chi connectivity index (χ0v) is 20.9. The monoisotopic (exact) mass is 478 g/mol. The van der Waals surface area contributed by atoms with E-state index in [-0.39, 0.29) is 17.5 Å². The van der Waals surface area contributed by atoms with Crippen molar-refractivity contribution in [3.05, 3.63) is 64.2 Å². The summed E-state index contributed by atoms with van der Waals surface area (Å²) < 4.78 is 12.7. The Morgan fingerprint density at radius 1 is 1.17 bits per heavy atom. The summed E-state index contributed by atoms with van der Waals surface area (Å²) in [5, 5.41) is 3.47. The Morgan fingerprint density at radius 2 is 1.94 bits per heavy atom. The number of benzene rings is 2. The lowest BCUT2D eigenvalue weighted by Gasteiger charge is -2.25. The van der Waals surface area contributed by atoms with Crippen molar-refractivity contribution in [2.45, 2.75) is 45.7 Å². The molecule has 0 atom stereocenters. The quantitative estimate of drug-likeness (QED) is 0.455. The zero-order valence-electron chi connectivity index (χ0n) is 20.9. The van der Waals surface area contributed by atoms with Gasteiger partial charge in [0.2, 0.25) is 0 Å². The number of carbonyl (C=O) groups excluding carboxylic acids is 1. The third-order valence-electron chi connectivity index (χ3n) is 6.33. The average molecular weight is 479 g/mol. The molecular weight excluding hydrogens is 444 g/mol. The molecule has 1 saturated carbocycles. The van der Waals surface area contributed by atoms with E-state index in [9.17, 15) is 9.59 Å². The Balaban J connectivity index is 1.56. The summed E-state index contributed by atoms with van der Waals surface area (Å²) in [5.74, 6) is 0.506. The molecule has 1 aliphatic rings. The summed E-state index contributed by atoms with van der Waals surface area (Å²) in [6, 6.07) is 11.4. The number of aryl methyl sites for hydroxylation is 1. The number of rotatable bonds is 11. The summed E-state index contributed by atoms with van der Waals surface area (Å²) in [6.07, 6.45) is 3.56. The predicted molar refractivity (Wildman–Crippen MR) is 137 cm³/mol. The number of carbonyl (C=O) groups is 1. The van der Waals surface area contributed by atoms with Crippen LogP contribution in [0.1, 0.15) is 42.6 Å². The third kappa shape index (κ3) is 6.07. The van der Waals surface area contributed by atoms with Crippen LogP contribution in [0.25, 0.3) is 16.6 Å². The maximum absolute atomic E-state index is 13.4. The molecule has 1 heterocycles. The number of hydrogen-bond donors (Lipinski definition) is 1. The molecular formula is C27H34N4O4. The molecule has 1 N–H and O–H groups in total. The van der Waals surface area contributed by atoms with Crippen LogP contribution < -0.4 is 15.6 Å². The van der Waals surface area contributed by atoms with Gasteiger partial charge in [-0.15, -0.1) is 0 Å². The van der Waals surface area contributed by atoms with Crippen LogP contribution in [0.4, 0.5) is 0 Å². The largest absolute Gasteiger partial charge is 0.492 e. The molecule has 3 aromatic rings. The van der Waals surface area contributed by atoms with Crippen molar-refractivity contribution in [3.63, 3.8) is 0 Å². The summed E-state index contributed by atoms with van der Waals surface area (Å²) >= 11 is 0. The van der Waals surface area contributed by atoms with Gasteiger partial charge in [0.15, 0.2) is 0 Å². The number of fused-ring (bicyclic) bond motifs is 1. The van der Waals surface area contributed by atoms with E-state index in [0.29, 0.717) is 47.2 Å². The highest BCUT2D eigenvalue weighted by molar-refractivity contribution is 5.95. The van der Waals surface area contributed by atoms with Crippen LogP contribution in [-0.2, 0) is 4.74 Å². The lowest BCUT2D eigenvalue weighted by molar-refractivity contribution is 0.0951. The van der Waals surface area contributed by atoms with Crippen molar-refractivity contribution in [1.29, 1.82) is 0 Å². The maximum Gasteiger partial charge on any atom is 0.265 e. The summed E-state index contributed by atoms with van der Waals surface area (Å²) in [4.78, 5) is 32.7. The highest BCUT2D eigenvalue weighted by Crippen LogP contribution is 2.22. The third-order valence-corrected chi connectivity index (χ3v) is 6.33.